The second kappa shape index (κ2) is 9.32. The Balaban J connectivity index is 1.32. The van der Waals surface area contributed by atoms with Crippen molar-refractivity contribution in [2.75, 3.05) is 13.2 Å². The fourth-order valence-electron chi connectivity index (χ4n) is 3.96. The summed E-state index contributed by atoms with van der Waals surface area (Å²) in [7, 11) is 0. The van der Waals surface area contributed by atoms with Crippen LogP contribution in [-0.2, 0) is 16.0 Å². The number of rotatable bonds is 5. The van der Waals surface area contributed by atoms with Crippen LogP contribution in [0.2, 0.25) is 0 Å². The van der Waals surface area contributed by atoms with Crippen LogP contribution in [0, 0.1) is 11.8 Å². The average molecular weight is 409 g/mol. The minimum atomic E-state index is -0.485. The predicted molar refractivity (Wildman–Crippen MR) is 121 cm³/mol. The molecule has 3 aromatic carbocycles. The molecular weight excluding hydrogens is 386 g/mol. The van der Waals surface area contributed by atoms with Crippen molar-refractivity contribution in [2.24, 2.45) is 0 Å². The molecule has 0 aromatic heterocycles. The van der Waals surface area contributed by atoms with Gasteiger partial charge in [-0.25, -0.2) is 4.79 Å². The van der Waals surface area contributed by atoms with Gasteiger partial charge in [-0.15, -0.1) is 0 Å². The van der Waals surface area contributed by atoms with E-state index in [1.807, 2.05) is 48.5 Å². The molecule has 0 fully saturated rings. The molecule has 0 aliphatic heterocycles. The Labute approximate surface area is 182 Å². The van der Waals surface area contributed by atoms with Crippen LogP contribution in [0.5, 0.6) is 0 Å². The van der Waals surface area contributed by atoms with Crippen molar-refractivity contribution in [1.82, 2.24) is 5.32 Å². The summed E-state index contributed by atoms with van der Waals surface area (Å²) in [5.41, 5.74) is 6.51. The summed E-state index contributed by atoms with van der Waals surface area (Å²) in [4.78, 5) is 23.4. The van der Waals surface area contributed by atoms with E-state index in [1.165, 1.54) is 22.3 Å². The minimum Gasteiger partial charge on any atom is -0.449 e. The van der Waals surface area contributed by atoms with E-state index in [4.69, 9.17) is 4.74 Å². The summed E-state index contributed by atoms with van der Waals surface area (Å²) in [6, 6.07) is 24.0. The van der Waals surface area contributed by atoms with Gasteiger partial charge in [0.2, 0.25) is 0 Å². The van der Waals surface area contributed by atoms with Crippen LogP contribution >= 0.6 is 0 Å². The van der Waals surface area contributed by atoms with Crippen LogP contribution in [0.3, 0.4) is 0 Å². The third-order valence-corrected chi connectivity index (χ3v) is 5.28. The second-order valence-corrected chi connectivity index (χ2v) is 7.56. The van der Waals surface area contributed by atoms with Gasteiger partial charge in [-0.3, -0.25) is 4.79 Å². The molecular formula is C27H23NO3. The molecule has 4 rings (SSSR count). The molecule has 3 aromatic rings. The number of carbonyl (C=O) groups excluding carboxylic acids is 2. The smallest absolute Gasteiger partial charge is 0.407 e. The zero-order valence-corrected chi connectivity index (χ0v) is 17.4. The van der Waals surface area contributed by atoms with Crippen molar-refractivity contribution in [2.45, 2.75) is 19.3 Å². The van der Waals surface area contributed by atoms with Gasteiger partial charge in [0, 0.05) is 17.9 Å². The standard InChI is InChI=1S/C27H23NO3/c1-19(29)16-21-9-6-8-20(17-21)10-7-15-28-27(30)31-18-26-24-13-4-2-11-22(24)23-12-3-5-14-25(23)26/h2-6,8-9,11-14,17,26H,15-16,18H2,1H3,(H,28,30). The van der Waals surface area contributed by atoms with Gasteiger partial charge in [0.25, 0.3) is 0 Å². The van der Waals surface area contributed by atoms with Gasteiger partial charge in [-0.1, -0.05) is 72.5 Å². The van der Waals surface area contributed by atoms with Crippen molar-refractivity contribution in [1.29, 1.82) is 0 Å². The monoisotopic (exact) mass is 409 g/mol. The van der Waals surface area contributed by atoms with Gasteiger partial charge in [0.1, 0.15) is 12.4 Å². The molecule has 1 amide bonds. The second-order valence-electron chi connectivity index (χ2n) is 7.56. The van der Waals surface area contributed by atoms with E-state index in [9.17, 15) is 9.59 Å². The van der Waals surface area contributed by atoms with Crippen LogP contribution in [0.15, 0.2) is 72.8 Å². The fourth-order valence-corrected chi connectivity index (χ4v) is 3.96. The van der Waals surface area contributed by atoms with Gasteiger partial charge in [-0.05, 0) is 46.9 Å². The van der Waals surface area contributed by atoms with Crippen molar-refractivity contribution in [3.63, 3.8) is 0 Å². The molecule has 4 nitrogen and oxygen atoms in total. The van der Waals surface area contributed by atoms with E-state index < -0.39 is 6.09 Å². The van der Waals surface area contributed by atoms with Gasteiger partial charge in [0.05, 0.1) is 6.54 Å². The van der Waals surface area contributed by atoms with E-state index in [0.29, 0.717) is 6.42 Å². The van der Waals surface area contributed by atoms with Gasteiger partial charge >= 0.3 is 6.09 Å². The largest absolute Gasteiger partial charge is 0.449 e. The summed E-state index contributed by atoms with van der Waals surface area (Å²) in [6.07, 6.45) is -0.0884. The molecule has 0 saturated carbocycles. The molecule has 0 unspecified atom stereocenters. The number of alkyl carbamates (subject to hydrolysis) is 1. The molecule has 0 bridgehead atoms. The number of Topliss-reactive ketones (excluding diaryl/α,β-unsaturated/α-hetero) is 1. The van der Waals surface area contributed by atoms with Crippen molar-refractivity contribution < 1.29 is 14.3 Å². The number of carbonyl (C=O) groups is 2. The lowest BCUT2D eigenvalue weighted by Gasteiger charge is -2.14. The third-order valence-electron chi connectivity index (χ3n) is 5.28. The lowest BCUT2D eigenvalue weighted by molar-refractivity contribution is -0.116. The van der Waals surface area contributed by atoms with Crippen molar-refractivity contribution >= 4 is 11.9 Å². The first-order valence-electron chi connectivity index (χ1n) is 10.3. The first kappa shape index (κ1) is 20.4. The normalized spacial score (nSPS) is 11.6. The number of ether oxygens (including phenoxy) is 1. The van der Waals surface area contributed by atoms with Crippen molar-refractivity contribution in [3.05, 3.63) is 95.1 Å². The van der Waals surface area contributed by atoms with E-state index in [1.54, 1.807) is 6.92 Å². The molecule has 4 heteroatoms. The molecule has 0 heterocycles. The Morgan fingerprint density at radius 3 is 2.29 bits per heavy atom. The quantitative estimate of drug-likeness (QED) is 0.621. The van der Waals surface area contributed by atoms with Gasteiger partial charge in [0.15, 0.2) is 0 Å². The zero-order chi connectivity index (χ0) is 21.6. The Bertz CT molecular complexity index is 1140. The number of hydrogen-bond acceptors (Lipinski definition) is 3. The highest BCUT2D eigenvalue weighted by Gasteiger charge is 2.28. The highest BCUT2D eigenvalue weighted by atomic mass is 16.5. The Morgan fingerprint density at radius 2 is 1.61 bits per heavy atom. The number of ketones is 1. The number of amides is 1. The van der Waals surface area contributed by atoms with E-state index in [-0.39, 0.29) is 24.9 Å². The maximum atomic E-state index is 12.2. The summed E-state index contributed by atoms with van der Waals surface area (Å²) >= 11 is 0. The number of nitrogens with one attached hydrogen (secondary N) is 1. The van der Waals surface area contributed by atoms with E-state index in [2.05, 4.69) is 41.4 Å². The summed E-state index contributed by atoms with van der Waals surface area (Å²) in [5, 5.41) is 2.68. The molecule has 0 saturated heterocycles. The van der Waals surface area contributed by atoms with Crippen LogP contribution < -0.4 is 5.32 Å². The molecule has 0 spiro atoms. The van der Waals surface area contributed by atoms with E-state index >= 15 is 0 Å². The maximum absolute atomic E-state index is 12.2. The fraction of sp³-hybridized carbons (Fsp3) is 0.185. The van der Waals surface area contributed by atoms with Crippen LogP contribution in [0.1, 0.15) is 35.1 Å². The first-order valence-corrected chi connectivity index (χ1v) is 10.3. The lowest BCUT2D eigenvalue weighted by atomic mass is 9.98. The van der Waals surface area contributed by atoms with E-state index in [0.717, 1.165) is 11.1 Å². The third kappa shape index (κ3) is 4.84. The van der Waals surface area contributed by atoms with Crippen molar-refractivity contribution in [3.8, 4) is 23.0 Å². The molecule has 0 radical (unpaired) electrons. The predicted octanol–water partition coefficient (Wildman–Crippen LogP) is 4.71. The SMILES string of the molecule is CC(=O)Cc1cccc(C#CCNC(=O)OCC2c3ccccc3-c3ccccc32)c1. The number of hydrogen-bond donors (Lipinski definition) is 1. The molecule has 1 aliphatic rings. The summed E-state index contributed by atoms with van der Waals surface area (Å²) in [6.45, 7) is 2.03. The molecule has 1 N–H and O–H groups in total. The van der Waals surface area contributed by atoms with Crippen LogP contribution in [-0.4, -0.2) is 25.0 Å². The Hall–Kier alpha value is -3.84. The number of benzene rings is 3. The minimum absolute atomic E-state index is 0.0354. The Kier molecular flexibility index (Phi) is 6.14. The highest BCUT2D eigenvalue weighted by Crippen LogP contribution is 2.44. The van der Waals surface area contributed by atoms with Gasteiger partial charge in [-0.2, -0.15) is 0 Å². The molecule has 1 aliphatic carbocycles. The average Bonchev–Trinajstić information content (AvgIpc) is 3.09. The topological polar surface area (TPSA) is 55.4 Å². The highest BCUT2D eigenvalue weighted by molar-refractivity contribution is 5.79. The first-order chi connectivity index (χ1) is 15.1. The maximum Gasteiger partial charge on any atom is 0.407 e. The van der Waals surface area contributed by atoms with Gasteiger partial charge < -0.3 is 10.1 Å². The molecule has 31 heavy (non-hydrogen) atoms. The number of fused-ring (bicyclic) bond motifs is 3. The molecule has 154 valence electrons. The van der Waals surface area contributed by atoms with Crippen LogP contribution in [0.4, 0.5) is 4.79 Å². The lowest BCUT2D eigenvalue weighted by Crippen LogP contribution is -2.26. The summed E-state index contributed by atoms with van der Waals surface area (Å²) in [5.74, 6) is 6.08. The summed E-state index contributed by atoms with van der Waals surface area (Å²) < 4.78 is 5.50. The molecule has 0 atom stereocenters. The zero-order valence-electron chi connectivity index (χ0n) is 17.4. The Morgan fingerprint density at radius 1 is 0.935 bits per heavy atom. The van der Waals surface area contributed by atoms with Crippen LogP contribution in [0.25, 0.3) is 11.1 Å².